The van der Waals surface area contributed by atoms with Crippen LogP contribution in [0.25, 0.3) is 21.1 Å². The predicted octanol–water partition coefficient (Wildman–Crippen LogP) is 2.39. The summed E-state index contributed by atoms with van der Waals surface area (Å²) >= 11 is 1.34. The van der Waals surface area contributed by atoms with Crippen molar-refractivity contribution in [1.82, 2.24) is 19.7 Å². The molecule has 3 aromatic rings. The Morgan fingerprint density at radius 2 is 2.28 bits per heavy atom. The summed E-state index contributed by atoms with van der Waals surface area (Å²) in [4.78, 5) is 21.1. The third-order valence-corrected chi connectivity index (χ3v) is 5.80. The van der Waals surface area contributed by atoms with Gasteiger partial charge >= 0.3 is 0 Å². The van der Waals surface area contributed by atoms with E-state index in [2.05, 4.69) is 26.5 Å². The van der Waals surface area contributed by atoms with Crippen LogP contribution in [-0.2, 0) is 9.53 Å². The summed E-state index contributed by atoms with van der Waals surface area (Å²) in [5.74, 6) is 0.644. The van der Waals surface area contributed by atoms with Gasteiger partial charge in [0.2, 0.25) is 5.91 Å². The molecule has 1 saturated heterocycles. The van der Waals surface area contributed by atoms with E-state index in [1.807, 2.05) is 0 Å². The van der Waals surface area contributed by atoms with Gasteiger partial charge in [0.15, 0.2) is 12.1 Å². The number of carbonyl (C=O) groups is 1. The van der Waals surface area contributed by atoms with Gasteiger partial charge in [0, 0.05) is 19.7 Å². The van der Waals surface area contributed by atoms with E-state index in [0.29, 0.717) is 39.0 Å². The van der Waals surface area contributed by atoms with Crippen molar-refractivity contribution in [1.29, 1.82) is 5.26 Å². The summed E-state index contributed by atoms with van der Waals surface area (Å²) in [5, 5.41) is 16.9. The number of carbonyl (C=O) groups excluding carboxylic acids is 1. The molecule has 1 amide bonds. The van der Waals surface area contributed by atoms with Gasteiger partial charge < -0.3 is 10.1 Å². The van der Waals surface area contributed by atoms with Gasteiger partial charge in [-0.3, -0.25) is 4.79 Å². The zero-order valence-electron chi connectivity index (χ0n) is 15.8. The molecular weight excluding hydrogens is 387 g/mol. The fourth-order valence-electron chi connectivity index (χ4n) is 3.19. The van der Waals surface area contributed by atoms with E-state index in [0.717, 1.165) is 24.8 Å². The minimum Gasteiger partial charge on any atom is -0.356 e. The number of thiophene rings is 1. The van der Waals surface area contributed by atoms with E-state index >= 15 is 0 Å². The van der Waals surface area contributed by atoms with Crippen LogP contribution in [-0.4, -0.2) is 40.1 Å². The van der Waals surface area contributed by atoms with Crippen molar-refractivity contribution in [2.75, 3.05) is 11.9 Å². The maximum atomic E-state index is 11.3. The van der Waals surface area contributed by atoms with E-state index in [1.54, 1.807) is 29.3 Å². The predicted molar refractivity (Wildman–Crippen MR) is 110 cm³/mol. The number of hydrogen-bond acceptors (Lipinski definition) is 7. The first kappa shape index (κ1) is 19.3. The molecule has 1 aliphatic rings. The lowest BCUT2D eigenvalue weighted by molar-refractivity contribution is -0.114. The molecule has 1 aliphatic heterocycles. The normalized spacial score (nSPS) is 16.3. The molecule has 0 aliphatic carbocycles. The number of nitriles is 1. The van der Waals surface area contributed by atoms with Crippen LogP contribution in [0.2, 0.25) is 0 Å². The number of ether oxygens (including phenoxy) is 1. The second-order valence-corrected chi connectivity index (χ2v) is 7.66. The average molecular weight is 404 g/mol. The highest BCUT2D eigenvalue weighted by molar-refractivity contribution is 7.20. The van der Waals surface area contributed by atoms with Gasteiger partial charge in [0.05, 0.1) is 15.3 Å². The van der Waals surface area contributed by atoms with E-state index < -0.39 is 0 Å². The van der Waals surface area contributed by atoms with Crippen LogP contribution in [0, 0.1) is 11.3 Å². The summed E-state index contributed by atoms with van der Waals surface area (Å²) in [6.45, 7) is 2.12. The Balaban J connectivity index is 1.71. The second-order valence-electron chi connectivity index (χ2n) is 6.64. The fourth-order valence-corrected chi connectivity index (χ4v) is 4.30. The summed E-state index contributed by atoms with van der Waals surface area (Å²) < 4.78 is 7.46. The number of amides is 1. The van der Waals surface area contributed by atoms with Crippen LogP contribution in [0.5, 0.6) is 0 Å². The maximum Gasteiger partial charge on any atom is 0.222 e. The van der Waals surface area contributed by atoms with E-state index in [1.165, 1.54) is 18.3 Å². The van der Waals surface area contributed by atoms with Gasteiger partial charge in [0.1, 0.15) is 26.1 Å². The fraction of sp³-hybridized carbons (Fsp3) is 0.316. The molecule has 1 fully saturated rings. The number of hydrogen-bond donors (Lipinski definition) is 1. The molecule has 144 valence electrons. The number of rotatable bonds is 4. The van der Waals surface area contributed by atoms with Gasteiger partial charge in [-0.05, 0) is 37.0 Å². The zero-order chi connectivity index (χ0) is 20.4. The Bertz CT molecular complexity index is 1100. The third kappa shape index (κ3) is 3.92. The Kier molecular flexibility index (Phi) is 5.42. The molecule has 10 heteroatoms. The molecule has 4 heterocycles. The highest BCUT2D eigenvalue weighted by Gasteiger charge is 2.22. The minimum absolute atomic E-state index is 0.124. The van der Waals surface area contributed by atoms with Crippen molar-refractivity contribution in [3.63, 3.8) is 0 Å². The minimum atomic E-state index is -0.221. The van der Waals surface area contributed by atoms with Crippen LogP contribution in [0.3, 0.4) is 0 Å². The van der Waals surface area contributed by atoms with Crippen LogP contribution in [0.1, 0.15) is 38.0 Å². The highest BCUT2D eigenvalue weighted by Crippen LogP contribution is 2.35. The van der Waals surface area contributed by atoms with E-state index in [-0.39, 0.29) is 12.1 Å². The first-order chi connectivity index (χ1) is 14.1. The number of aromatic nitrogens is 4. The smallest absolute Gasteiger partial charge is 0.222 e. The SMILES string of the molecule is [B]c1c(-c2ncn(C3CCCCO3)n2)sc(-c2ccnc(NC(C)=O)c2)c1C#N. The van der Waals surface area contributed by atoms with Gasteiger partial charge in [-0.1, -0.05) is 5.46 Å². The molecule has 2 radical (unpaired) electrons. The van der Waals surface area contributed by atoms with Crippen molar-refractivity contribution in [3.8, 4) is 27.2 Å². The first-order valence-corrected chi connectivity index (χ1v) is 9.98. The lowest BCUT2D eigenvalue weighted by Gasteiger charge is -2.21. The van der Waals surface area contributed by atoms with Gasteiger partial charge in [-0.25, -0.2) is 14.6 Å². The molecule has 0 saturated carbocycles. The number of nitrogens with zero attached hydrogens (tertiary/aromatic N) is 5. The standard InChI is InChI=1S/C19H17BN6O2S/c1-11(27)24-14-8-12(5-6-22-14)17-13(9-21)16(20)18(29-17)19-23-10-26(25-19)15-4-2-3-7-28-15/h5-6,8,10,15H,2-4,7H2,1H3,(H,22,24,27). The Morgan fingerprint density at radius 3 is 3.00 bits per heavy atom. The van der Waals surface area contributed by atoms with E-state index in [9.17, 15) is 10.1 Å². The number of anilines is 1. The van der Waals surface area contributed by atoms with Crippen LogP contribution >= 0.6 is 11.3 Å². The molecule has 8 nitrogen and oxygen atoms in total. The summed E-state index contributed by atoms with van der Waals surface area (Å²) in [6, 6.07) is 5.65. The Morgan fingerprint density at radius 1 is 1.41 bits per heavy atom. The molecule has 0 bridgehead atoms. The van der Waals surface area contributed by atoms with Crippen molar-refractivity contribution >= 4 is 36.4 Å². The number of pyridine rings is 1. The molecule has 29 heavy (non-hydrogen) atoms. The van der Waals surface area contributed by atoms with Crippen LogP contribution < -0.4 is 10.8 Å². The number of nitrogens with one attached hydrogen (secondary N) is 1. The summed E-state index contributed by atoms with van der Waals surface area (Å²) in [5.41, 5.74) is 1.43. The average Bonchev–Trinajstić information content (AvgIpc) is 3.33. The molecule has 0 aromatic carbocycles. The molecule has 4 rings (SSSR count). The van der Waals surface area contributed by atoms with Gasteiger partial charge in [0.25, 0.3) is 0 Å². The second kappa shape index (κ2) is 8.15. The van der Waals surface area contributed by atoms with E-state index in [4.69, 9.17) is 12.6 Å². The van der Waals surface area contributed by atoms with Gasteiger partial charge in [-0.2, -0.15) is 5.26 Å². The summed E-state index contributed by atoms with van der Waals surface area (Å²) in [6.07, 6.45) is 6.11. The Hall–Kier alpha value is -3.03. The quantitative estimate of drug-likeness (QED) is 0.670. The van der Waals surface area contributed by atoms with Gasteiger partial charge in [-0.15, -0.1) is 16.4 Å². The van der Waals surface area contributed by atoms with Crippen LogP contribution in [0.4, 0.5) is 5.82 Å². The molecule has 1 unspecified atom stereocenters. The zero-order valence-corrected chi connectivity index (χ0v) is 16.6. The lowest BCUT2D eigenvalue weighted by atomic mass is 9.90. The lowest BCUT2D eigenvalue weighted by Crippen LogP contribution is -2.18. The maximum absolute atomic E-state index is 11.3. The van der Waals surface area contributed by atoms with Crippen molar-refractivity contribution in [2.24, 2.45) is 0 Å². The summed E-state index contributed by atoms with van der Waals surface area (Å²) in [7, 11) is 6.27. The molecule has 1 N–H and O–H groups in total. The topological polar surface area (TPSA) is 106 Å². The molecule has 3 aromatic heterocycles. The highest BCUT2D eigenvalue weighted by atomic mass is 32.1. The van der Waals surface area contributed by atoms with Crippen molar-refractivity contribution in [2.45, 2.75) is 32.4 Å². The van der Waals surface area contributed by atoms with Crippen molar-refractivity contribution in [3.05, 3.63) is 30.2 Å². The largest absolute Gasteiger partial charge is 0.356 e. The van der Waals surface area contributed by atoms with Crippen molar-refractivity contribution < 1.29 is 9.53 Å². The Labute approximate surface area is 173 Å². The monoisotopic (exact) mass is 404 g/mol. The first-order valence-electron chi connectivity index (χ1n) is 9.16. The third-order valence-electron chi connectivity index (χ3n) is 4.55. The molecule has 0 spiro atoms. The molecule has 1 atom stereocenters. The van der Waals surface area contributed by atoms with Crippen LogP contribution in [0.15, 0.2) is 24.7 Å². The molecular formula is C19H17BN6O2S.